The normalized spacial score (nSPS) is 25.4. The number of nitrogens with zero attached hydrogens (tertiary/aromatic N) is 1. The second-order valence-electron chi connectivity index (χ2n) is 4.84. The van der Waals surface area contributed by atoms with Gasteiger partial charge in [0.1, 0.15) is 5.82 Å². The maximum Gasteiger partial charge on any atom is 0.128 e. The molecule has 0 aliphatic heterocycles. The Morgan fingerprint density at radius 1 is 1.62 bits per heavy atom. The van der Waals surface area contributed by atoms with E-state index in [2.05, 4.69) is 31.1 Å². The van der Waals surface area contributed by atoms with Crippen LogP contribution in [0.3, 0.4) is 0 Å². The number of rotatable bonds is 4. The van der Waals surface area contributed by atoms with Crippen molar-refractivity contribution in [3.8, 4) is 0 Å². The molecule has 88 valence electrons. The van der Waals surface area contributed by atoms with Gasteiger partial charge in [0.15, 0.2) is 0 Å². The number of pyridine rings is 1. The molecule has 2 rings (SSSR count). The van der Waals surface area contributed by atoms with Crippen LogP contribution in [0.2, 0.25) is 0 Å². The van der Waals surface area contributed by atoms with Crippen molar-refractivity contribution in [2.45, 2.75) is 33.2 Å². The Labute approximate surface area is 97.5 Å². The molecule has 3 unspecified atom stereocenters. The van der Waals surface area contributed by atoms with Crippen LogP contribution in [-0.4, -0.2) is 11.5 Å². The number of nitrogens with one attached hydrogen (secondary N) is 1. The standard InChI is InChI=1S/C13H21N3/c1-4-15-12(10-7-9(10)3)11-8(2)5-6-16-13(11)14/h5-6,9-10,12,15H,4,7H2,1-3H3,(H2,14,16). The van der Waals surface area contributed by atoms with Crippen LogP contribution in [0.15, 0.2) is 12.3 Å². The molecule has 1 heterocycles. The molecule has 0 amide bonds. The van der Waals surface area contributed by atoms with E-state index < -0.39 is 0 Å². The second-order valence-corrected chi connectivity index (χ2v) is 4.84. The fourth-order valence-electron chi connectivity index (χ4n) is 2.50. The molecule has 1 fully saturated rings. The largest absolute Gasteiger partial charge is 0.383 e. The van der Waals surface area contributed by atoms with Crippen LogP contribution in [0.1, 0.15) is 37.4 Å². The van der Waals surface area contributed by atoms with Crippen LogP contribution in [0.5, 0.6) is 0 Å². The van der Waals surface area contributed by atoms with Crippen molar-refractivity contribution in [2.24, 2.45) is 11.8 Å². The first-order chi connectivity index (χ1) is 7.65. The lowest BCUT2D eigenvalue weighted by atomic mass is 9.97. The molecule has 0 spiro atoms. The summed E-state index contributed by atoms with van der Waals surface area (Å²) in [6.07, 6.45) is 3.08. The molecule has 16 heavy (non-hydrogen) atoms. The average molecular weight is 219 g/mol. The van der Waals surface area contributed by atoms with Gasteiger partial charge in [0, 0.05) is 17.8 Å². The van der Waals surface area contributed by atoms with Gasteiger partial charge in [-0.15, -0.1) is 0 Å². The molecule has 3 N–H and O–H groups in total. The minimum Gasteiger partial charge on any atom is -0.383 e. The van der Waals surface area contributed by atoms with Gasteiger partial charge >= 0.3 is 0 Å². The Hall–Kier alpha value is -1.09. The lowest BCUT2D eigenvalue weighted by Gasteiger charge is -2.21. The molecule has 0 bridgehead atoms. The van der Waals surface area contributed by atoms with E-state index in [1.165, 1.54) is 17.5 Å². The third-order valence-corrected chi connectivity index (χ3v) is 3.57. The molecule has 3 nitrogen and oxygen atoms in total. The highest BCUT2D eigenvalue weighted by atomic mass is 14.9. The summed E-state index contributed by atoms with van der Waals surface area (Å²) in [6, 6.07) is 2.43. The lowest BCUT2D eigenvalue weighted by Crippen LogP contribution is -2.25. The van der Waals surface area contributed by atoms with Gasteiger partial charge in [-0.3, -0.25) is 0 Å². The van der Waals surface area contributed by atoms with E-state index in [1.54, 1.807) is 6.20 Å². The van der Waals surface area contributed by atoms with Gasteiger partial charge in [-0.2, -0.15) is 0 Å². The van der Waals surface area contributed by atoms with Gasteiger partial charge in [-0.25, -0.2) is 4.98 Å². The first kappa shape index (κ1) is 11.4. The highest BCUT2D eigenvalue weighted by Crippen LogP contribution is 2.48. The Morgan fingerprint density at radius 3 is 2.81 bits per heavy atom. The Kier molecular flexibility index (Phi) is 3.15. The third-order valence-electron chi connectivity index (χ3n) is 3.57. The van der Waals surface area contributed by atoms with E-state index in [0.29, 0.717) is 11.9 Å². The third kappa shape index (κ3) is 2.05. The smallest absolute Gasteiger partial charge is 0.128 e. The van der Waals surface area contributed by atoms with Crippen molar-refractivity contribution in [3.05, 3.63) is 23.4 Å². The molecule has 0 saturated heterocycles. The minimum absolute atomic E-state index is 0.383. The predicted molar refractivity (Wildman–Crippen MR) is 67.1 cm³/mol. The Bertz CT molecular complexity index is 355. The molecule has 3 atom stereocenters. The van der Waals surface area contributed by atoms with Crippen LogP contribution >= 0.6 is 0 Å². The monoisotopic (exact) mass is 219 g/mol. The van der Waals surface area contributed by atoms with Crippen molar-refractivity contribution in [3.63, 3.8) is 0 Å². The van der Waals surface area contributed by atoms with Crippen molar-refractivity contribution in [1.29, 1.82) is 0 Å². The van der Waals surface area contributed by atoms with E-state index in [4.69, 9.17) is 5.73 Å². The molecule has 0 aromatic carbocycles. The number of anilines is 1. The fourth-order valence-corrected chi connectivity index (χ4v) is 2.50. The topological polar surface area (TPSA) is 50.9 Å². The quantitative estimate of drug-likeness (QED) is 0.817. The van der Waals surface area contributed by atoms with Crippen molar-refractivity contribution < 1.29 is 0 Å². The van der Waals surface area contributed by atoms with Crippen LogP contribution < -0.4 is 11.1 Å². The molecular weight excluding hydrogens is 198 g/mol. The van der Waals surface area contributed by atoms with E-state index in [1.807, 2.05) is 6.07 Å². The maximum absolute atomic E-state index is 6.01. The summed E-state index contributed by atoms with van der Waals surface area (Å²) >= 11 is 0. The van der Waals surface area contributed by atoms with E-state index in [9.17, 15) is 0 Å². The SMILES string of the molecule is CCNC(c1c(C)ccnc1N)C1CC1C. The Balaban J connectivity index is 2.31. The predicted octanol–water partition coefficient (Wildman–Crippen LogP) is 2.28. The second kappa shape index (κ2) is 4.42. The summed E-state index contributed by atoms with van der Waals surface area (Å²) in [5.41, 5.74) is 8.47. The highest BCUT2D eigenvalue weighted by Gasteiger charge is 2.41. The molecule has 1 aliphatic rings. The van der Waals surface area contributed by atoms with E-state index in [-0.39, 0.29) is 0 Å². The first-order valence-electron chi connectivity index (χ1n) is 6.09. The number of aryl methyl sites for hydroxylation is 1. The molecule has 3 heteroatoms. The zero-order valence-electron chi connectivity index (χ0n) is 10.3. The maximum atomic E-state index is 6.01. The average Bonchev–Trinajstić information content (AvgIpc) is 2.94. The zero-order chi connectivity index (χ0) is 11.7. The number of nitrogen functional groups attached to an aromatic ring is 1. The molecule has 1 aromatic rings. The van der Waals surface area contributed by atoms with Gasteiger partial charge in [-0.1, -0.05) is 13.8 Å². The summed E-state index contributed by atoms with van der Waals surface area (Å²) in [6.45, 7) is 7.53. The summed E-state index contributed by atoms with van der Waals surface area (Å²) in [7, 11) is 0. The number of nitrogens with two attached hydrogens (primary N) is 1. The van der Waals surface area contributed by atoms with Gasteiger partial charge < -0.3 is 11.1 Å². The van der Waals surface area contributed by atoms with Gasteiger partial charge in [0.2, 0.25) is 0 Å². The number of aromatic nitrogens is 1. The molecule has 1 aliphatic carbocycles. The van der Waals surface area contributed by atoms with Crippen molar-refractivity contribution >= 4 is 5.82 Å². The van der Waals surface area contributed by atoms with Crippen LogP contribution in [0.25, 0.3) is 0 Å². The van der Waals surface area contributed by atoms with E-state index in [0.717, 1.165) is 18.4 Å². The molecular formula is C13H21N3. The van der Waals surface area contributed by atoms with Gasteiger partial charge in [0.25, 0.3) is 0 Å². The fraction of sp³-hybridized carbons (Fsp3) is 0.615. The van der Waals surface area contributed by atoms with Crippen molar-refractivity contribution in [1.82, 2.24) is 10.3 Å². The number of hydrogen-bond donors (Lipinski definition) is 2. The zero-order valence-corrected chi connectivity index (χ0v) is 10.3. The summed E-state index contributed by atoms with van der Waals surface area (Å²) < 4.78 is 0. The summed E-state index contributed by atoms with van der Waals surface area (Å²) in [5, 5.41) is 3.55. The molecule has 1 saturated carbocycles. The molecule has 0 radical (unpaired) electrons. The summed E-state index contributed by atoms with van der Waals surface area (Å²) in [4.78, 5) is 4.22. The van der Waals surface area contributed by atoms with Gasteiger partial charge in [-0.05, 0) is 43.4 Å². The van der Waals surface area contributed by atoms with Crippen LogP contribution in [0, 0.1) is 18.8 Å². The van der Waals surface area contributed by atoms with Crippen molar-refractivity contribution in [2.75, 3.05) is 12.3 Å². The summed E-state index contributed by atoms with van der Waals surface area (Å²) in [5.74, 6) is 2.22. The van der Waals surface area contributed by atoms with Crippen LogP contribution in [-0.2, 0) is 0 Å². The Morgan fingerprint density at radius 2 is 2.31 bits per heavy atom. The molecule has 1 aromatic heterocycles. The number of hydrogen-bond acceptors (Lipinski definition) is 3. The minimum atomic E-state index is 0.383. The first-order valence-corrected chi connectivity index (χ1v) is 6.09. The van der Waals surface area contributed by atoms with E-state index >= 15 is 0 Å². The van der Waals surface area contributed by atoms with Gasteiger partial charge in [0.05, 0.1) is 0 Å². The lowest BCUT2D eigenvalue weighted by molar-refractivity contribution is 0.474. The highest BCUT2D eigenvalue weighted by molar-refractivity contribution is 5.46. The van der Waals surface area contributed by atoms with Crippen LogP contribution in [0.4, 0.5) is 5.82 Å².